The minimum absolute atomic E-state index is 0.0242. The molecule has 2 aromatic carbocycles. The molecule has 1 N–H and O–H groups in total. The van der Waals surface area contributed by atoms with E-state index in [-0.39, 0.29) is 11.9 Å². The van der Waals surface area contributed by atoms with Gasteiger partial charge in [0.25, 0.3) is 5.91 Å². The van der Waals surface area contributed by atoms with E-state index in [1.165, 1.54) is 5.56 Å². The van der Waals surface area contributed by atoms with Crippen LogP contribution in [-0.4, -0.2) is 17.1 Å². The van der Waals surface area contributed by atoms with Gasteiger partial charge in [0, 0.05) is 11.6 Å². The van der Waals surface area contributed by atoms with Crippen LogP contribution in [0.25, 0.3) is 11.3 Å². The molecule has 1 aromatic heterocycles. The molecule has 1 atom stereocenters. The number of aryl methyl sites for hydroxylation is 2. The quantitative estimate of drug-likeness (QED) is 0.662. The van der Waals surface area contributed by atoms with Crippen molar-refractivity contribution in [3.05, 3.63) is 76.5 Å². The van der Waals surface area contributed by atoms with Crippen molar-refractivity contribution in [2.24, 2.45) is 0 Å². The van der Waals surface area contributed by atoms with E-state index in [2.05, 4.69) is 22.6 Å². The summed E-state index contributed by atoms with van der Waals surface area (Å²) in [6.07, 6.45) is 1.75. The van der Waals surface area contributed by atoms with Crippen LogP contribution in [0.4, 0.5) is 0 Å². The van der Waals surface area contributed by atoms with Crippen LogP contribution in [0.3, 0.4) is 0 Å². The van der Waals surface area contributed by atoms with Crippen molar-refractivity contribution in [2.75, 3.05) is 0 Å². The number of carbonyl (C=O) groups is 1. The minimum atomic E-state index is -0.195. The molecule has 26 heavy (non-hydrogen) atoms. The summed E-state index contributed by atoms with van der Waals surface area (Å²) in [5, 5.41) is 7.62. The standard InChI is InChI=1S/C21H21ClN2O2/c1-14(12-13-16-8-4-3-5-9-16)23-21(25)19-15(2)26-24-20(19)17-10-6-7-11-18(17)22/h3-11,14H,12-13H2,1-2H3,(H,23,25)/t14-/m0/s1. The lowest BCUT2D eigenvalue weighted by Crippen LogP contribution is -2.33. The normalized spacial score (nSPS) is 12.0. The van der Waals surface area contributed by atoms with Gasteiger partial charge in [0.15, 0.2) is 0 Å². The van der Waals surface area contributed by atoms with E-state index in [1.54, 1.807) is 13.0 Å². The van der Waals surface area contributed by atoms with Gasteiger partial charge < -0.3 is 9.84 Å². The summed E-state index contributed by atoms with van der Waals surface area (Å²) in [5.41, 5.74) is 2.85. The van der Waals surface area contributed by atoms with Crippen LogP contribution in [-0.2, 0) is 6.42 Å². The first-order valence-electron chi connectivity index (χ1n) is 8.62. The van der Waals surface area contributed by atoms with Gasteiger partial charge in [-0.2, -0.15) is 0 Å². The van der Waals surface area contributed by atoms with Gasteiger partial charge in [0.1, 0.15) is 17.0 Å². The Kier molecular flexibility index (Phi) is 5.74. The van der Waals surface area contributed by atoms with Gasteiger partial charge >= 0.3 is 0 Å². The first-order chi connectivity index (χ1) is 12.6. The number of nitrogens with zero attached hydrogens (tertiary/aromatic N) is 1. The summed E-state index contributed by atoms with van der Waals surface area (Å²) in [4.78, 5) is 12.8. The molecule has 0 spiro atoms. The molecule has 5 heteroatoms. The van der Waals surface area contributed by atoms with Gasteiger partial charge in [-0.15, -0.1) is 0 Å². The van der Waals surface area contributed by atoms with Gasteiger partial charge in [-0.1, -0.05) is 65.3 Å². The van der Waals surface area contributed by atoms with Crippen LogP contribution in [0.5, 0.6) is 0 Å². The number of benzene rings is 2. The van der Waals surface area contributed by atoms with Gasteiger partial charge in [-0.05, 0) is 38.3 Å². The van der Waals surface area contributed by atoms with Gasteiger partial charge in [0.2, 0.25) is 0 Å². The first kappa shape index (κ1) is 18.2. The molecular weight excluding hydrogens is 348 g/mol. The molecule has 0 unspecified atom stereocenters. The van der Waals surface area contributed by atoms with Crippen LogP contribution in [0.2, 0.25) is 5.02 Å². The third-order valence-corrected chi connectivity index (χ3v) is 4.63. The predicted molar refractivity (Wildman–Crippen MR) is 103 cm³/mol. The lowest BCUT2D eigenvalue weighted by molar-refractivity contribution is 0.0937. The van der Waals surface area contributed by atoms with E-state index >= 15 is 0 Å². The Hall–Kier alpha value is -2.59. The molecule has 0 fully saturated rings. The third kappa shape index (κ3) is 4.14. The highest BCUT2D eigenvalue weighted by Gasteiger charge is 2.23. The van der Waals surface area contributed by atoms with Crippen molar-refractivity contribution in [3.8, 4) is 11.3 Å². The lowest BCUT2D eigenvalue weighted by atomic mass is 10.0. The summed E-state index contributed by atoms with van der Waals surface area (Å²) >= 11 is 6.25. The number of carbonyl (C=O) groups excluding carboxylic acids is 1. The number of hydrogen-bond donors (Lipinski definition) is 1. The molecule has 0 radical (unpaired) electrons. The zero-order valence-electron chi connectivity index (χ0n) is 14.8. The van der Waals surface area contributed by atoms with E-state index < -0.39 is 0 Å². The van der Waals surface area contributed by atoms with Gasteiger partial charge in [-0.3, -0.25) is 4.79 Å². The molecule has 1 amide bonds. The van der Waals surface area contributed by atoms with E-state index in [9.17, 15) is 4.79 Å². The van der Waals surface area contributed by atoms with Crippen LogP contribution in [0.15, 0.2) is 59.1 Å². The topological polar surface area (TPSA) is 55.1 Å². The lowest BCUT2D eigenvalue weighted by Gasteiger charge is -2.14. The molecule has 3 aromatic rings. The largest absolute Gasteiger partial charge is 0.360 e. The zero-order valence-corrected chi connectivity index (χ0v) is 15.6. The molecule has 0 bridgehead atoms. The van der Waals surface area contributed by atoms with Crippen LogP contribution in [0.1, 0.15) is 35.0 Å². The fourth-order valence-corrected chi connectivity index (χ4v) is 3.10. The number of halogens is 1. The number of rotatable bonds is 6. The summed E-state index contributed by atoms with van der Waals surface area (Å²) in [6.45, 7) is 3.73. The molecule has 0 saturated heterocycles. The Morgan fingerprint density at radius 2 is 1.85 bits per heavy atom. The van der Waals surface area contributed by atoms with Crippen molar-refractivity contribution >= 4 is 17.5 Å². The molecule has 0 aliphatic carbocycles. The molecule has 4 nitrogen and oxygen atoms in total. The minimum Gasteiger partial charge on any atom is -0.360 e. The van der Waals surface area contributed by atoms with Gasteiger partial charge in [0.05, 0.1) is 5.02 Å². The van der Waals surface area contributed by atoms with Crippen LogP contribution in [0, 0.1) is 6.92 Å². The Bertz CT molecular complexity index is 890. The van der Waals surface area contributed by atoms with Gasteiger partial charge in [-0.25, -0.2) is 0 Å². The zero-order chi connectivity index (χ0) is 18.5. The Labute approximate surface area is 158 Å². The second kappa shape index (κ2) is 8.19. The SMILES string of the molecule is Cc1onc(-c2ccccc2Cl)c1C(=O)N[C@@H](C)CCc1ccccc1. The predicted octanol–water partition coefficient (Wildman–Crippen LogP) is 5.05. The van der Waals surface area contributed by atoms with Crippen molar-refractivity contribution in [2.45, 2.75) is 32.7 Å². The highest BCUT2D eigenvalue weighted by atomic mass is 35.5. The highest BCUT2D eigenvalue weighted by Crippen LogP contribution is 2.31. The third-order valence-electron chi connectivity index (χ3n) is 4.31. The van der Waals surface area contributed by atoms with E-state index in [4.69, 9.17) is 16.1 Å². The average Bonchev–Trinajstić information content (AvgIpc) is 3.02. The highest BCUT2D eigenvalue weighted by molar-refractivity contribution is 6.33. The fourth-order valence-electron chi connectivity index (χ4n) is 2.87. The summed E-state index contributed by atoms with van der Waals surface area (Å²) in [5.74, 6) is 0.284. The van der Waals surface area contributed by atoms with E-state index in [0.29, 0.717) is 27.6 Å². The molecule has 0 saturated carbocycles. The Morgan fingerprint density at radius 1 is 1.15 bits per heavy atom. The summed E-state index contributed by atoms with van der Waals surface area (Å²) in [6, 6.07) is 17.5. The fraction of sp³-hybridized carbons (Fsp3) is 0.238. The molecular formula is C21H21ClN2O2. The maximum Gasteiger partial charge on any atom is 0.257 e. The van der Waals surface area contributed by atoms with Crippen LogP contribution < -0.4 is 5.32 Å². The van der Waals surface area contributed by atoms with E-state index in [1.807, 2.05) is 43.3 Å². The molecule has 134 valence electrons. The molecule has 3 rings (SSSR count). The molecule has 0 aliphatic rings. The Balaban J connectivity index is 1.72. The number of amides is 1. The first-order valence-corrected chi connectivity index (χ1v) is 9.00. The molecule has 1 heterocycles. The summed E-state index contributed by atoms with van der Waals surface area (Å²) < 4.78 is 5.27. The van der Waals surface area contributed by atoms with Crippen molar-refractivity contribution in [3.63, 3.8) is 0 Å². The monoisotopic (exact) mass is 368 g/mol. The Morgan fingerprint density at radius 3 is 2.58 bits per heavy atom. The number of nitrogens with one attached hydrogen (secondary N) is 1. The van der Waals surface area contributed by atoms with Crippen molar-refractivity contribution in [1.29, 1.82) is 0 Å². The number of aromatic nitrogens is 1. The molecule has 0 aliphatic heterocycles. The average molecular weight is 369 g/mol. The van der Waals surface area contributed by atoms with Crippen LogP contribution >= 0.6 is 11.6 Å². The second-order valence-electron chi connectivity index (χ2n) is 6.34. The second-order valence-corrected chi connectivity index (χ2v) is 6.75. The maximum atomic E-state index is 12.8. The van der Waals surface area contributed by atoms with Crippen molar-refractivity contribution < 1.29 is 9.32 Å². The smallest absolute Gasteiger partial charge is 0.257 e. The number of hydrogen-bond acceptors (Lipinski definition) is 3. The summed E-state index contributed by atoms with van der Waals surface area (Å²) in [7, 11) is 0. The van der Waals surface area contributed by atoms with E-state index in [0.717, 1.165) is 12.8 Å². The maximum absolute atomic E-state index is 12.8. The van der Waals surface area contributed by atoms with Crippen molar-refractivity contribution in [1.82, 2.24) is 10.5 Å².